The van der Waals surface area contributed by atoms with Crippen LogP contribution in [-0.4, -0.2) is 10.2 Å². The first-order valence-electron chi connectivity index (χ1n) is 6.84. The van der Waals surface area contributed by atoms with Crippen LogP contribution in [0.1, 0.15) is 26.3 Å². The monoisotopic (exact) mass is 265 g/mol. The van der Waals surface area contributed by atoms with E-state index in [1.54, 1.807) is 0 Å². The van der Waals surface area contributed by atoms with Gasteiger partial charge in [-0.15, -0.1) is 0 Å². The number of aromatic amines is 1. The van der Waals surface area contributed by atoms with E-state index in [4.69, 9.17) is 0 Å². The summed E-state index contributed by atoms with van der Waals surface area (Å²) in [5.74, 6) is 0. The molecule has 3 rings (SSSR count). The molecule has 0 unspecified atom stereocenters. The van der Waals surface area contributed by atoms with E-state index in [2.05, 4.69) is 66.6 Å². The SMILES string of the molecule is CC(C)(C)c1cccc(Nc2cccc3[nH]ncc23)c1. The highest BCUT2D eigenvalue weighted by Crippen LogP contribution is 2.28. The molecule has 0 atom stereocenters. The lowest BCUT2D eigenvalue weighted by Crippen LogP contribution is -2.11. The number of rotatable bonds is 2. The number of aromatic nitrogens is 2. The smallest absolute Gasteiger partial charge is 0.0671 e. The molecule has 1 heterocycles. The maximum absolute atomic E-state index is 4.10. The zero-order valence-corrected chi connectivity index (χ0v) is 12.1. The van der Waals surface area contributed by atoms with Crippen LogP contribution in [0.5, 0.6) is 0 Å². The lowest BCUT2D eigenvalue weighted by molar-refractivity contribution is 0.590. The molecule has 0 aliphatic heterocycles. The molecule has 3 aromatic rings. The fourth-order valence-corrected chi connectivity index (χ4v) is 2.30. The van der Waals surface area contributed by atoms with Crippen LogP contribution in [0.4, 0.5) is 11.4 Å². The summed E-state index contributed by atoms with van der Waals surface area (Å²) in [6, 6.07) is 14.7. The van der Waals surface area contributed by atoms with Gasteiger partial charge in [0.2, 0.25) is 0 Å². The molecule has 20 heavy (non-hydrogen) atoms. The molecule has 0 fully saturated rings. The van der Waals surface area contributed by atoms with Crippen molar-refractivity contribution in [3.8, 4) is 0 Å². The Hall–Kier alpha value is -2.29. The number of H-pyrrole nitrogens is 1. The van der Waals surface area contributed by atoms with E-state index in [1.165, 1.54) is 5.56 Å². The second-order valence-corrected chi connectivity index (χ2v) is 6.09. The predicted molar refractivity (Wildman–Crippen MR) is 84.5 cm³/mol. The number of benzene rings is 2. The Morgan fingerprint density at radius 3 is 2.65 bits per heavy atom. The van der Waals surface area contributed by atoms with E-state index in [0.29, 0.717) is 0 Å². The zero-order valence-electron chi connectivity index (χ0n) is 12.1. The third-order valence-electron chi connectivity index (χ3n) is 3.49. The lowest BCUT2D eigenvalue weighted by atomic mass is 9.87. The summed E-state index contributed by atoms with van der Waals surface area (Å²) >= 11 is 0. The molecule has 0 saturated carbocycles. The predicted octanol–water partition coefficient (Wildman–Crippen LogP) is 4.60. The first-order chi connectivity index (χ1) is 9.54. The Balaban J connectivity index is 1.97. The highest BCUT2D eigenvalue weighted by Gasteiger charge is 2.13. The van der Waals surface area contributed by atoms with Crippen LogP contribution >= 0.6 is 0 Å². The van der Waals surface area contributed by atoms with Crippen LogP contribution in [0, 0.1) is 0 Å². The molecule has 3 heteroatoms. The molecule has 102 valence electrons. The Bertz CT molecular complexity index is 735. The van der Waals surface area contributed by atoms with Gasteiger partial charge in [0.15, 0.2) is 0 Å². The van der Waals surface area contributed by atoms with Gasteiger partial charge in [0.25, 0.3) is 0 Å². The van der Waals surface area contributed by atoms with Gasteiger partial charge in [-0.2, -0.15) is 5.10 Å². The molecule has 0 saturated heterocycles. The van der Waals surface area contributed by atoms with E-state index >= 15 is 0 Å². The van der Waals surface area contributed by atoms with Crippen molar-refractivity contribution in [1.29, 1.82) is 0 Å². The summed E-state index contributed by atoms with van der Waals surface area (Å²) in [7, 11) is 0. The van der Waals surface area contributed by atoms with Gasteiger partial charge in [0.1, 0.15) is 0 Å². The van der Waals surface area contributed by atoms with Crippen molar-refractivity contribution in [1.82, 2.24) is 10.2 Å². The van der Waals surface area contributed by atoms with Gasteiger partial charge < -0.3 is 5.32 Å². The largest absolute Gasteiger partial charge is 0.355 e. The van der Waals surface area contributed by atoms with Crippen molar-refractivity contribution in [2.45, 2.75) is 26.2 Å². The van der Waals surface area contributed by atoms with E-state index in [0.717, 1.165) is 22.3 Å². The summed E-state index contributed by atoms with van der Waals surface area (Å²) < 4.78 is 0. The fraction of sp³-hybridized carbons (Fsp3) is 0.235. The third kappa shape index (κ3) is 2.39. The molecular weight excluding hydrogens is 246 g/mol. The van der Waals surface area contributed by atoms with Crippen LogP contribution in [0.25, 0.3) is 10.9 Å². The zero-order chi connectivity index (χ0) is 14.2. The molecule has 0 aliphatic carbocycles. The minimum Gasteiger partial charge on any atom is -0.355 e. The van der Waals surface area contributed by atoms with Crippen molar-refractivity contribution in [3.05, 3.63) is 54.2 Å². The number of nitrogens with zero attached hydrogens (tertiary/aromatic N) is 1. The van der Waals surface area contributed by atoms with Gasteiger partial charge in [-0.1, -0.05) is 39.0 Å². The number of hydrogen-bond acceptors (Lipinski definition) is 2. The summed E-state index contributed by atoms with van der Waals surface area (Å²) in [5, 5.41) is 11.7. The van der Waals surface area contributed by atoms with Gasteiger partial charge in [0, 0.05) is 16.8 Å². The van der Waals surface area contributed by atoms with Crippen molar-refractivity contribution in [3.63, 3.8) is 0 Å². The molecule has 0 aliphatic rings. The summed E-state index contributed by atoms with van der Waals surface area (Å²) in [6.07, 6.45) is 1.85. The highest BCUT2D eigenvalue weighted by atomic mass is 15.1. The second kappa shape index (κ2) is 4.67. The molecule has 3 nitrogen and oxygen atoms in total. The minimum atomic E-state index is 0.152. The molecule has 2 N–H and O–H groups in total. The molecule has 2 aromatic carbocycles. The Morgan fingerprint density at radius 1 is 1.05 bits per heavy atom. The minimum absolute atomic E-state index is 0.152. The molecule has 0 amide bonds. The summed E-state index contributed by atoms with van der Waals surface area (Å²) in [5.41, 5.74) is 4.69. The van der Waals surface area contributed by atoms with Crippen LogP contribution in [0.15, 0.2) is 48.7 Å². The van der Waals surface area contributed by atoms with Crippen molar-refractivity contribution >= 4 is 22.3 Å². The number of nitrogens with one attached hydrogen (secondary N) is 2. The molecule has 0 spiro atoms. The van der Waals surface area contributed by atoms with E-state index < -0.39 is 0 Å². The van der Waals surface area contributed by atoms with E-state index in [1.807, 2.05) is 18.3 Å². The van der Waals surface area contributed by atoms with Crippen LogP contribution in [-0.2, 0) is 5.41 Å². The van der Waals surface area contributed by atoms with Crippen LogP contribution in [0.2, 0.25) is 0 Å². The fourth-order valence-electron chi connectivity index (χ4n) is 2.30. The Labute approximate surface area is 119 Å². The van der Waals surface area contributed by atoms with Crippen LogP contribution < -0.4 is 5.32 Å². The maximum Gasteiger partial charge on any atom is 0.0671 e. The average molecular weight is 265 g/mol. The van der Waals surface area contributed by atoms with Gasteiger partial charge in [-0.25, -0.2) is 0 Å². The first-order valence-corrected chi connectivity index (χ1v) is 6.84. The van der Waals surface area contributed by atoms with E-state index in [9.17, 15) is 0 Å². The van der Waals surface area contributed by atoms with Gasteiger partial charge >= 0.3 is 0 Å². The lowest BCUT2D eigenvalue weighted by Gasteiger charge is -2.20. The average Bonchev–Trinajstić information content (AvgIpc) is 2.87. The second-order valence-electron chi connectivity index (χ2n) is 6.09. The normalized spacial score (nSPS) is 11.8. The molecule has 0 bridgehead atoms. The number of fused-ring (bicyclic) bond motifs is 1. The standard InChI is InChI=1S/C17H19N3/c1-17(2,3)12-6-4-7-13(10-12)19-15-8-5-9-16-14(15)11-18-20-16/h4-11,19H,1-3H3,(H,18,20). The molecule has 1 aromatic heterocycles. The van der Waals surface area contributed by atoms with Crippen molar-refractivity contribution in [2.75, 3.05) is 5.32 Å². The topological polar surface area (TPSA) is 40.7 Å². The number of hydrogen-bond donors (Lipinski definition) is 2. The number of anilines is 2. The maximum atomic E-state index is 4.10. The van der Waals surface area contributed by atoms with Crippen molar-refractivity contribution in [2.24, 2.45) is 0 Å². The van der Waals surface area contributed by atoms with Gasteiger partial charge in [-0.05, 0) is 35.2 Å². The van der Waals surface area contributed by atoms with Crippen molar-refractivity contribution < 1.29 is 0 Å². The van der Waals surface area contributed by atoms with E-state index in [-0.39, 0.29) is 5.41 Å². The molecular formula is C17H19N3. The Morgan fingerprint density at radius 2 is 1.85 bits per heavy atom. The van der Waals surface area contributed by atoms with Gasteiger partial charge in [0.05, 0.1) is 11.7 Å². The molecule has 0 radical (unpaired) electrons. The summed E-state index contributed by atoms with van der Waals surface area (Å²) in [4.78, 5) is 0. The first kappa shape index (κ1) is 12.7. The Kier molecular flexibility index (Phi) is 2.97. The quantitative estimate of drug-likeness (QED) is 0.710. The van der Waals surface area contributed by atoms with Gasteiger partial charge in [-0.3, -0.25) is 5.10 Å². The third-order valence-corrected chi connectivity index (χ3v) is 3.49. The highest BCUT2D eigenvalue weighted by molar-refractivity contribution is 5.92. The van der Waals surface area contributed by atoms with Crippen LogP contribution in [0.3, 0.4) is 0 Å². The summed E-state index contributed by atoms with van der Waals surface area (Å²) in [6.45, 7) is 6.68.